The van der Waals surface area contributed by atoms with Gasteiger partial charge in [0.15, 0.2) is 0 Å². The largest absolute Gasteiger partial charge is 0.395 e. The van der Waals surface area contributed by atoms with Crippen LogP contribution in [0.15, 0.2) is 0 Å². The lowest BCUT2D eigenvalue weighted by Gasteiger charge is -2.38. The first-order valence-corrected chi connectivity index (χ1v) is 3.67. The Morgan fingerprint density at radius 1 is 0.917 bits per heavy atom. The molecule has 1 saturated heterocycles. The van der Waals surface area contributed by atoms with Crippen LogP contribution in [0.25, 0.3) is 0 Å². The zero-order chi connectivity index (χ0) is 9.30. The summed E-state index contributed by atoms with van der Waals surface area (Å²) in [5.41, 5.74) is 0. The number of aliphatic hydroxyl groups is 5. The second-order valence-electron chi connectivity index (χ2n) is 2.87. The van der Waals surface area contributed by atoms with E-state index in [0.717, 1.165) is 0 Å². The molecular weight excluding hydrogens is 166 g/mol. The van der Waals surface area contributed by atoms with E-state index in [-0.39, 0.29) is 0 Å². The standard InChI is InChI=1S/C6H13NO5/c8-1-2-3(9)4(10)5(11)6(12)7-2/h2-12H,1H2/t2-,3-,4+,5-,6+/m1/s1. The van der Waals surface area contributed by atoms with Crippen LogP contribution in [0, 0.1) is 0 Å². The monoisotopic (exact) mass is 179 g/mol. The average Bonchev–Trinajstić information content (AvgIpc) is 2.08. The first-order valence-electron chi connectivity index (χ1n) is 3.67. The lowest BCUT2D eigenvalue weighted by Crippen LogP contribution is -2.65. The Kier molecular flexibility index (Phi) is 2.99. The van der Waals surface area contributed by atoms with Crippen molar-refractivity contribution in [2.45, 2.75) is 30.6 Å². The van der Waals surface area contributed by atoms with Gasteiger partial charge in [-0.15, -0.1) is 0 Å². The van der Waals surface area contributed by atoms with Crippen LogP contribution in [0.3, 0.4) is 0 Å². The van der Waals surface area contributed by atoms with E-state index in [4.69, 9.17) is 20.4 Å². The Morgan fingerprint density at radius 3 is 2.00 bits per heavy atom. The van der Waals surface area contributed by atoms with E-state index < -0.39 is 37.2 Å². The summed E-state index contributed by atoms with van der Waals surface area (Å²) in [6.45, 7) is -0.415. The van der Waals surface area contributed by atoms with Gasteiger partial charge in [-0.05, 0) is 0 Å². The van der Waals surface area contributed by atoms with Gasteiger partial charge in [-0.1, -0.05) is 0 Å². The van der Waals surface area contributed by atoms with Crippen LogP contribution >= 0.6 is 0 Å². The van der Waals surface area contributed by atoms with Crippen molar-refractivity contribution in [2.75, 3.05) is 6.61 Å². The predicted molar refractivity (Wildman–Crippen MR) is 38.0 cm³/mol. The third-order valence-electron chi connectivity index (χ3n) is 2.02. The van der Waals surface area contributed by atoms with Gasteiger partial charge >= 0.3 is 0 Å². The topological polar surface area (TPSA) is 113 Å². The second-order valence-corrected chi connectivity index (χ2v) is 2.87. The van der Waals surface area contributed by atoms with E-state index in [1.165, 1.54) is 0 Å². The number of aliphatic hydroxyl groups excluding tert-OH is 5. The number of hydrogen-bond acceptors (Lipinski definition) is 6. The smallest absolute Gasteiger partial charge is 0.134 e. The Morgan fingerprint density at radius 2 is 1.50 bits per heavy atom. The molecule has 0 unspecified atom stereocenters. The molecule has 0 amide bonds. The van der Waals surface area contributed by atoms with Crippen molar-refractivity contribution in [3.63, 3.8) is 0 Å². The molecule has 0 aromatic heterocycles. The average molecular weight is 179 g/mol. The summed E-state index contributed by atoms with van der Waals surface area (Å²) in [5.74, 6) is 0. The maximum atomic E-state index is 9.18. The van der Waals surface area contributed by atoms with E-state index in [1.54, 1.807) is 0 Å². The molecular formula is C6H13NO5. The van der Waals surface area contributed by atoms with E-state index in [2.05, 4.69) is 5.32 Å². The maximum Gasteiger partial charge on any atom is 0.134 e. The molecule has 0 bridgehead atoms. The van der Waals surface area contributed by atoms with Crippen molar-refractivity contribution >= 4 is 0 Å². The van der Waals surface area contributed by atoms with Crippen LogP contribution in [0.4, 0.5) is 0 Å². The molecule has 0 aromatic rings. The van der Waals surface area contributed by atoms with Crippen molar-refractivity contribution in [2.24, 2.45) is 0 Å². The first kappa shape index (κ1) is 9.85. The molecule has 1 heterocycles. The second kappa shape index (κ2) is 3.65. The van der Waals surface area contributed by atoms with E-state index in [0.29, 0.717) is 0 Å². The maximum absolute atomic E-state index is 9.18. The highest BCUT2D eigenvalue weighted by Gasteiger charge is 2.40. The summed E-state index contributed by atoms with van der Waals surface area (Å²) in [5, 5.41) is 47.3. The van der Waals surface area contributed by atoms with Gasteiger partial charge in [-0.3, -0.25) is 5.32 Å². The fraction of sp³-hybridized carbons (Fsp3) is 1.00. The fourth-order valence-electron chi connectivity index (χ4n) is 1.20. The van der Waals surface area contributed by atoms with Crippen molar-refractivity contribution in [1.29, 1.82) is 0 Å². The minimum absolute atomic E-state index is 0.415. The van der Waals surface area contributed by atoms with E-state index in [1.807, 2.05) is 0 Å². The highest BCUT2D eigenvalue weighted by molar-refractivity contribution is 4.93. The molecule has 5 atom stereocenters. The molecule has 1 aliphatic heterocycles. The highest BCUT2D eigenvalue weighted by Crippen LogP contribution is 2.13. The van der Waals surface area contributed by atoms with Gasteiger partial charge in [-0.2, -0.15) is 0 Å². The minimum atomic E-state index is -1.43. The van der Waals surface area contributed by atoms with Gasteiger partial charge in [-0.25, -0.2) is 0 Å². The van der Waals surface area contributed by atoms with Gasteiger partial charge in [0.25, 0.3) is 0 Å². The molecule has 6 nitrogen and oxygen atoms in total. The van der Waals surface area contributed by atoms with Crippen molar-refractivity contribution in [3.05, 3.63) is 0 Å². The van der Waals surface area contributed by atoms with Gasteiger partial charge in [0.1, 0.15) is 24.5 Å². The van der Waals surface area contributed by atoms with E-state index in [9.17, 15) is 5.11 Å². The zero-order valence-electron chi connectivity index (χ0n) is 6.33. The lowest BCUT2D eigenvalue weighted by atomic mass is 9.95. The molecule has 1 fully saturated rings. The molecule has 6 N–H and O–H groups in total. The van der Waals surface area contributed by atoms with Gasteiger partial charge in [0, 0.05) is 0 Å². The van der Waals surface area contributed by atoms with Crippen LogP contribution in [0.1, 0.15) is 0 Å². The molecule has 0 aromatic carbocycles. The zero-order valence-corrected chi connectivity index (χ0v) is 6.33. The summed E-state index contributed by atoms with van der Waals surface area (Å²) in [6.07, 6.45) is -5.45. The molecule has 1 rings (SSSR count). The number of nitrogens with one attached hydrogen (secondary N) is 1. The normalized spacial score (nSPS) is 49.2. The van der Waals surface area contributed by atoms with Crippen LogP contribution in [0.2, 0.25) is 0 Å². The van der Waals surface area contributed by atoms with Crippen molar-refractivity contribution in [3.8, 4) is 0 Å². The molecule has 0 radical (unpaired) electrons. The summed E-state index contributed by atoms with van der Waals surface area (Å²) in [7, 11) is 0. The Balaban J connectivity index is 2.63. The van der Waals surface area contributed by atoms with Gasteiger partial charge in [0.05, 0.1) is 12.6 Å². The summed E-state index contributed by atoms with van der Waals surface area (Å²) < 4.78 is 0. The van der Waals surface area contributed by atoms with Crippen molar-refractivity contribution in [1.82, 2.24) is 5.32 Å². The number of hydrogen-bond donors (Lipinski definition) is 6. The summed E-state index contributed by atoms with van der Waals surface area (Å²) >= 11 is 0. The Labute approximate surface area is 69.1 Å². The minimum Gasteiger partial charge on any atom is -0.395 e. The summed E-state index contributed by atoms with van der Waals surface area (Å²) in [6, 6.07) is -0.807. The Hall–Kier alpha value is -0.240. The highest BCUT2D eigenvalue weighted by atomic mass is 16.4. The number of rotatable bonds is 1. The molecule has 6 heteroatoms. The predicted octanol–water partition coefficient (Wildman–Crippen LogP) is -3.65. The molecule has 0 saturated carbocycles. The quantitative estimate of drug-likeness (QED) is 0.247. The van der Waals surface area contributed by atoms with E-state index >= 15 is 0 Å². The van der Waals surface area contributed by atoms with Crippen LogP contribution in [-0.2, 0) is 0 Å². The van der Waals surface area contributed by atoms with Crippen molar-refractivity contribution < 1.29 is 25.5 Å². The van der Waals surface area contributed by atoms with Crippen LogP contribution in [0.5, 0.6) is 0 Å². The molecule has 72 valence electrons. The molecule has 12 heavy (non-hydrogen) atoms. The Bertz CT molecular complexity index is 150. The third-order valence-corrected chi connectivity index (χ3v) is 2.02. The fourth-order valence-corrected chi connectivity index (χ4v) is 1.20. The lowest BCUT2D eigenvalue weighted by molar-refractivity contribution is -0.161. The first-order chi connectivity index (χ1) is 5.57. The molecule has 1 aliphatic rings. The summed E-state index contributed by atoms with van der Waals surface area (Å²) in [4.78, 5) is 0. The SMILES string of the molecule is OC[C@H]1N[C@@H](O)[C@H](O)[C@@H](O)[C@@H]1O. The van der Waals surface area contributed by atoms with Crippen LogP contribution in [-0.4, -0.2) is 62.7 Å². The molecule has 0 spiro atoms. The third kappa shape index (κ3) is 1.58. The van der Waals surface area contributed by atoms with Gasteiger partial charge in [0.2, 0.25) is 0 Å². The molecule has 0 aliphatic carbocycles. The number of piperidine rings is 1. The van der Waals surface area contributed by atoms with Crippen LogP contribution < -0.4 is 5.32 Å². The van der Waals surface area contributed by atoms with Gasteiger partial charge < -0.3 is 25.5 Å².